The maximum Gasteiger partial charge on any atom is 0.413 e. The van der Waals surface area contributed by atoms with Gasteiger partial charge in [-0.1, -0.05) is 44.2 Å². The van der Waals surface area contributed by atoms with E-state index in [0.717, 1.165) is 5.56 Å². The van der Waals surface area contributed by atoms with Crippen LogP contribution in [0.1, 0.15) is 39.2 Å². The highest BCUT2D eigenvalue weighted by Crippen LogP contribution is 2.25. The number of ether oxygens (including phenoxy) is 3. The monoisotopic (exact) mass is 487 g/mol. The van der Waals surface area contributed by atoms with Gasteiger partial charge in [-0.2, -0.15) is 5.26 Å². The molecule has 2 rings (SSSR count). The van der Waals surface area contributed by atoms with Crippen LogP contribution in [0.2, 0.25) is 0 Å². The number of nitrogens with zero attached hydrogens (tertiary/aromatic N) is 3. The first-order chi connectivity index (χ1) is 16.8. The molecule has 1 atom stereocenters. The fourth-order valence-corrected chi connectivity index (χ4v) is 3.47. The number of carbonyl (C=O) groups excluding carboxylic acids is 2. The number of aliphatic imine (C=N–C) groups is 1. The molecule has 0 aliphatic carbocycles. The highest BCUT2D eigenvalue weighted by molar-refractivity contribution is 5.94. The average molecular weight is 488 g/mol. The van der Waals surface area contributed by atoms with Gasteiger partial charge in [-0.05, 0) is 24.3 Å². The number of nitrogens with one attached hydrogen (secondary N) is 2. The predicted octanol–water partition coefficient (Wildman–Crippen LogP) is 2.45. The van der Waals surface area contributed by atoms with Gasteiger partial charge in [-0.15, -0.1) is 0 Å². The van der Waals surface area contributed by atoms with Crippen molar-refractivity contribution in [3.8, 4) is 6.07 Å². The van der Waals surface area contributed by atoms with E-state index in [9.17, 15) is 14.9 Å². The zero-order valence-electron chi connectivity index (χ0n) is 20.9. The number of morpholine rings is 1. The number of nitriles is 1. The van der Waals surface area contributed by atoms with Crippen molar-refractivity contribution in [3.63, 3.8) is 0 Å². The lowest BCUT2D eigenvalue weighted by atomic mass is 9.85. The van der Waals surface area contributed by atoms with Gasteiger partial charge >= 0.3 is 6.09 Å². The Balaban J connectivity index is 1.82. The Labute approximate surface area is 207 Å². The Morgan fingerprint density at radius 1 is 1.26 bits per heavy atom. The molecule has 1 fully saturated rings. The number of hydrogen-bond donors (Lipinski definition) is 2. The Kier molecular flexibility index (Phi) is 12.0. The van der Waals surface area contributed by atoms with Gasteiger partial charge in [-0.25, -0.2) is 4.79 Å². The van der Waals surface area contributed by atoms with Crippen LogP contribution in [0.5, 0.6) is 0 Å². The van der Waals surface area contributed by atoms with E-state index in [-0.39, 0.29) is 31.0 Å². The molecule has 0 bridgehead atoms. The second-order valence-electron chi connectivity index (χ2n) is 8.99. The molecule has 35 heavy (non-hydrogen) atoms. The molecule has 1 aliphatic rings. The van der Waals surface area contributed by atoms with Crippen molar-refractivity contribution in [2.24, 2.45) is 10.4 Å². The van der Waals surface area contributed by atoms with Crippen LogP contribution in [0, 0.1) is 16.7 Å². The molecule has 0 aromatic heterocycles. The van der Waals surface area contributed by atoms with Crippen molar-refractivity contribution in [2.75, 3.05) is 46.1 Å². The lowest BCUT2D eigenvalue weighted by Crippen LogP contribution is -2.49. The SMILES string of the molecule is CCOC(=O)NC(=NCCC(C)(C)CC(=O)NC(C#N)COCc1ccccc1)N1CCOCC1. The molecule has 1 aromatic rings. The van der Waals surface area contributed by atoms with E-state index in [2.05, 4.69) is 21.7 Å². The average Bonchev–Trinajstić information content (AvgIpc) is 2.83. The number of amides is 2. The quantitative estimate of drug-likeness (QED) is 0.363. The van der Waals surface area contributed by atoms with Gasteiger partial charge in [0.2, 0.25) is 11.9 Å². The number of alkyl carbamates (subject to hydrolysis) is 1. The third-order valence-electron chi connectivity index (χ3n) is 5.38. The summed E-state index contributed by atoms with van der Waals surface area (Å²) in [6.45, 7) is 9.24. The van der Waals surface area contributed by atoms with Crippen LogP contribution in [0.25, 0.3) is 0 Å². The van der Waals surface area contributed by atoms with E-state index in [0.29, 0.717) is 51.8 Å². The van der Waals surface area contributed by atoms with Gasteiger partial charge in [0.05, 0.1) is 39.1 Å². The van der Waals surface area contributed by atoms with E-state index in [1.165, 1.54) is 0 Å². The predicted molar refractivity (Wildman–Crippen MR) is 132 cm³/mol. The minimum absolute atomic E-state index is 0.115. The molecular formula is C25H37N5O5. The van der Waals surface area contributed by atoms with Crippen molar-refractivity contribution in [1.29, 1.82) is 5.26 Å². The van der Waals surface area contributed by atoms with E-state index >= 15 is 0 Å². The molecular weight excluding hydrogens is 450 g/mol. The summed E-state index contributed by atoms with van der Waals surface area (Å²) >= 11 is 0. The molecule has 2 N–H and O–H groups in total. The smallest absolute Gasteiger partial charge is 0.413 e. The fraction of sp³-hybridized carbons (Fsp3) is 0.600. The van der Waals surface area contributed by atoms with E-state index in [1.807, 2.05) is 49.1 Å². The van der Waals surface area contributed by atoms with Crippen molar-refractivity contribution in [3.05, 3.63) is 35.9 Å². The molecule has 192 valence electrons. The first-order valence-corrected chi connectivity index (χ1v) is 11.9. The molecule has 2 amide bonds. The fourth-order valence-electron chi connectivity index (χ4n) is 3.47. The Bertz CT molecular complexity index is 863. The van der Waals surface area contributed by atoms with E-state index in [4.69, 9.17) is 14.2 Å². The molecule has 10 heteroatoms. The van der Waals surface area contributed by atoms with Crippen LogP contribution in [-0.2, 0) is 25.6 Å². The third kappa shape index (κ3) is 11.2. The number of guanidine groups is 1. The third-order valence-corrected chi connectivity index (χ3v) is 5.38. The highest BCUT2D eigenvalue weighted by atomic mass is 16.5. The molecule has 0 radical (unpaired) electrons. The molecule has 10 nitrogen and oxygen atoms in total. The number of hydrogen-bond acceptors (Lipinski definition) is 7. The van der Waals surface area contributed by atoms with Crippen molar-refractivity contribution < 1.29 is 23.8 Å². The molecule has 1 aromatic carbocycles. The van der Waals surface area contributed by atoms with Gasteiger partial charge in [0.15, 0.2) is 0 Å². The lowest BCUT2D eigenvalue weighted by molar-refractivity contribution is -0.123. The van der Waals surface area contributed by atoms with E-state index in [1.54, 1.807) is 6.92 Å². The van der Waals surface area contributed by atoms with E-state index < -0.39 is 12.1 Å². The summed E-state index contributed by atoms with van der Waals surface area (Å²) in [5.74, 6) is 0.235. The number of benzene rings is 1. The summed E-state index contributed by atoms with van der Waals surface area (Å²) in [5.41, 5.74) is 0.643. The largest absolute Gasteiger partial charge is 0.450 e. The van der Waals surface area contributed by atoms with Crippen LogP contribution >= 0.6 is 0 Å². The first kappa shape index (κ1) is 28.1. The number of carbonyl (C=O) groups is 2. The van der Waals surface area contributed by atoms with Crippen molar-refractivity contribution in [2.45, 2.75) is 46.3 Å². The van der Waals surface area contributed by atoms with Crippen molar-refractivity contribution >= 4 is 18.0 Å². The van der Waals surface area contributed by atoms with Crippen LogP contribution in [0.3, 0.4) is 0 Å². The highest BCUT2D eigenvalue weighted by Gasteiger charge is 2.24. The van der Waals surface area contributed by atoms with Gasteiger partial charge in [0.25, 0.3) is 0 Å². The van der Waals surface area contributed by atoms with Crippen LogP contribution in [0.15, 0.2) is 35.3 Å². The summed E-state index contributed by atoms with van der Waals surface area (Å²) in [7, 11) is 0. The molecule has 0 saturated carbocycles. The Morgan fingerprint density at radius 2 is 1.97 bits per heavy atom. The van der Waals surface area contributed by atoms with Gasteiger partial charge in [0, 0.05) is 26.1 Å². The topological polar surface area (TPSA) is 125 Å². The van der Waals surface area contributed by atoms with Crippen LogP contribution < -0.4 is 10.6 Å². The molecule has 1 aliphatic heterocycles. The van der Waals surface area contributed by atoms with Gasteiger partial charge < -0.3 is 24.4 Å². The Morgan fingerprint density at radius 3 is 2.63 bits per heavy atom. The minimum Gasteiger partial charge on any atom is -0.450 e. The molecule has 1 unspecified atom stereocenters. The zero-order valence-corrected chi connectivity index (χ0v) is 20.9. The Hall–Kier alpha value is -3.16. The normalized spacial score (nSPS) is 15.1. The van der Waals surface area contributed by atoms with Crippen molar-refractivity contribution in [1.82, 2.24) is 15.5 Å². The second kappa shape index (κ2) is 15.0. The molecule has 1 heterocycles. The zero-order chi connectivity index (χ0) is 25.5. The standard InChI is InChI=1S/C25H37N5O5/c1-4-35-24(32)29-23(30-12-14-33-15-13-30)27-11-10-25(2,3)16-22(31)28-21(17-26)19-34-18-20-8-6-5-7-9-20/h5-9,21H,4,10-16,18-19H2,1-3H3,(H,28,31)(H,27,29,32). The summed E-state index contributed by atoms with van der Waals surface area (Å²) < 4.78 is 15.9. The minimum atomic E-state index is -0.721. The summed E-state index contributed by atoms with van der Waals surface area (Å²) in [5, 5.41) is 14.8. The lowest BCUT2D eigenvalue weighted by Gasteiger charge is -2.30. The first-order valence-electron chi connectivity index (χ1n) is 11.9. The van der Waals surface area contributed by atoms with Gasteiger partial charge in [0.1, 0.15) is 6.04 Å². The molecule has 1 saturated heterocycles. The second-order valence-corrected chi connectivity index (χ2v) is 8.99. The molecule has 0 spiro atoms. The van der Waals surface area contributed by atoms with Gasteiger partial charge in [-0.3, -0.25) is 15.1 Å². The maximum absolute atomic E-state index is 12.6. The summed E-state index contributed by atoms with van der Waals surface area (Å²) in [4.78, 5) is 31.0. The maximum atomic E-state index is 12.6. The van der Waals surface area contributed by atoms with Crippen LogP contribution in [-0.4, -0.2) is 75.0 Å². The summed E-state index contributed by atoms with van der Waals surface area (Å²) in [6.07, 6.45) is 0.298. The van der Waals surface area contributed by atoms with Crippen LogP contribution in [0.4, 0.5) is 4.79 Å². The summed E-state index contributed by atoms with van der Waals surface area (Å²) in [6, 6.07) is 11.0. The number of rotatable bonds is 11.